The molecule has 31 heavy (non-hydrogen) atoms. The van der Waals surface area contributed by atoms with Crippen LogP contribution in [0.5, 0.6) is 0 Å². The van der Waals surface area contributed by atoms with Crippen LogP contribution in [-0.4, -0.2) is 16.9 Å². The summed E-state index contributed by atoms with van der Waals surface area (Å²) in [5, 5.41) is 13.4. The number of hydrogen-bond donors (Lipinski definition) is 2. The van der Waals surface area contributed by atoms with Gasteiger partial charge < -0.3 is 10.3 Å². The third-order valence-corrected chi connectivity index (χ3v) is 6.90. The molecular formula is C24H21F2N3O2. The molecule has 2 bridgehead atoms. The Kier molecular flexibility index (Phi) is 4.73. The number of nitriles is 1. The number of rotatable bonds is 4. The maximum atomic E-state index is 14.1. The smallest absolute Gasteiger partial charge is 0.256 e. The van der Waals surface area contributed by atoms with Crippen molar-refractivity contribution in [2.24, 2.45) is 17.8 Å². The molecule has 2 aliphatic carbocycles. The first-order valence-corrected chi connectivity index (χ1v) is 10.6. The average Bonchev–Trinajstić information content (AvgIpc) is 3.38. The van der Waals surface area contributed by atoms with E-state index < -0.39 is 23.2 Å². The minimum absolute atomic E-state index is 0.00907. The van der Waals surface area contributed by atoms with Crippen LogP contribution < -0.4 is 10.9 Å². The average molecular weight is 421 g/mol. The molecule has 158 valence electrons. The van der Waals surface area contributed by atoms with Crippen LogP contribution in [0.15, 0.2) is 35.1 Å². The van der Waals surface area contributed by atoms with E-state index in [1.54, 1.807) is 18.2 Å². The predicted octanol–water partition coefficient (Wildman–Crippen LogP) is 3.95. The Labute approximate surface area is 177 Å². The molecule has 4 atom stereocenters. The molecule has 5 rings (SSSR count). The first-order chi connectivity index (χ1) is 14.9. The van der Waals surface area contributed by atoms with Gasteiger partial charge in [0, 0.05) is 29.2 Å². The number of carbonyl (C=O) groups excluding carboxylic acids is 1. The van der Waals surface area contributed by atoms with E-state index in [1.807, 2.05) is 0 Å². The number of halogens is 2. The summed E-state index contributed by atoms with van der Waals surface area (Å²) in [6, 6.07) is 8.31. The normalized spacial score (nSPS) is 23.2. The van der Waals surface area contributed by atoms with Crippen LogP contribution >= 0.6 is 0 Å². The Morgan fingerprint density at radius 3 is 2.71 bits per heavy atom. The molecule has 0 radical (unpaired) electrons. The van der Waals surface area contributed by atoms with Crippen molar-refractivity contribution in [1.29, 1.82) is 5.26 Å². The van der Waals surface area contributed by atoms with Crippen LogP contribution in [-0.2, 0) is 11.2 Å². The number of aromatic amines is 1. The number of aromatic nitrogens is 1. The molecule has 1 aromatic heterocycles. The SMILES string of the molecule is N#CC(Cc1ccc2c(c1)c(=O)[nH]c1c(F)cc(F)cc12)NC(=O)[C@H]1C[C@@H]2CC[C@H]1C2. The van der Waals surface area contributed by atoms with Gasteiger partial charge >= 0.3 is 0 Å². The van der Waals surface area contributed by atoms with Gasteiger partial charge in [0.1, 0.15) is 17.7 Å². The van der Waals surface area contributed by atoms with Gasteiger partial charge in [0.25, 0.3) is 5.56 Å². The fourth-order valence-corrected chi connectivity index (χ4v) is 5.44. The Morgan fingerprint density at radius 1 is 1.16 bits per heavy atom. The Morgan fingerprint density at radius 2 is 2.00 bits per heavy atom. The lowest BCUT2D eigenvalue weighted by atomic mass is 9.88. The van der Waals surface area contributed by atoms with E-state index in [1.165, 1.54) is 12.5 Å². The molecule has 2 aliphatic rings. The number of benzene rings is 2. The summed E-state index contributed by atoms with van der Waals surface area (Å²) in [4.78, 5) is 27.7. The predicted molar refractivity (Wildman–Crippen MR) is 112 cm³/mol. The molecule has 2 saturated carbocycles. The van der Waals surface area contributed by atoms with Gasteiger partial charge in [0.05, 0.1) is 11.6 Å². The second-order valence-electron chi connectivity index (χ2n) is 8.82. The quantitative estimate of drug-likeness (QED) is 0.626. The van der Waals surface area contributed by atoms with Crippen molar-refractivity contribution in [3.8, 4) is 6.07 Å². The molecule has 1 amide bonds. The molecule has 1 unspecified atom stereocenters. The van der Waals surface area contributed by atoms with Gasteiger partial charge in [-0.05, 0) is 54.2 Å². The first-order valence-electron chi connectivity index (χ1n) is 10.6. The van der Waals surface area contributed by atoms with Gasteiger partial charge in [-0.3, -0.25) is 9.59 Å². The summed E-state index contributed by atoms with van der Waals surface area (Å²) < 4.78 is 27.8. The lowest BCUT2D eigenvalue weighted by Crippen LogP contribution is -2.41. The van der Waals surface area contributed by atoms with Gasteiger partial charge in [0.2, 0.25) is 5.91 Å². The molecule has 0 aliphatic heterocycles. The molecular weight excluding hydrogens is 400 g/mol. The van der Waals surface area contributed by atoms with E-state index in [0.717, 1.165) is 25.3 Å². The number of carbonyl (C=O) groups is 1. The maximum Gasteiger partial charge on any atom is 0.256 e. The van der Waals surface area contributed by atoms with Crippen molar-refractivity contribution in [1.82, 2.24) is 10.3 Å². The zero-order chi connectivity index (χ0) is 21.7. The van der Waals surface area contributed by atoms with Gasteiger partial charge in [-0.15, -0.1) is 0 Å². The lowest BCUT2D eigenvalue weighted by molar-refractivity contribution is -0.126. The minimum Gasteiger partial charge on any atom is -0.340 e. The Hall–Kier alpha value is -3.27. The van der Waals surface area contributed by atoms with E-state index in [4.69, 9.17) is 0 Å². The van der Waals surface area contributed by atoms with Crippen molar-refractivity contribution in [2.75, 3.05) is 0 Å². The van der Waals surface area contributed by atoms with Crippen molar-refractivity contribution in [3.05, 3.63) is 57.9 Å². The van der Waals surface area contributed by atoms with Crippen LogP contribution in [0, 0.1) is 40.7 Å². The largest absolute Gasteiger partial charge is 0.340 e. The number of pyridine rings is 1. The Balaban J connectivity index is 1.41. The number of nitrogens with zero attached hydrogens (tertiary/aromatic N) is 1. The molecule has 0 spiro atoms. The molecule has 3 aromatic rings. The van der Waals surface area contributed by atoms with Gasteiger partial charge in [0.15, 0.2) is 0 Å². The van der Waals surface area contributed by atoms with Crippen molar-refractivity contribution in [3.63, 3.8) is 0 Å². The fraction of sp³-hybridized carbons (Fsp3) is 0.375. The molecule has 2 fully saturated rings. The van der Waals surface area contributed by atoms with Crippen LogP contribution in [0.4, 0.5) is 8.78 Å². The maximum absolute atomic E-state index is 14.1. The highest BCUT2D eigenvalue weighted by Crippen LogP contribution is 2.48. The van der Waals surface area contributed by atoms with Crippen LogP contribution in [0.3, 0.4) is 0 Å². The second kappa shape index (κ2) is 7.45. The molecule has 7 heteroatoms. The summed E-state index contributed by atoms with van der Waals surface area (Å²) in [7, 11) is 0. The highest BCUT2D eigenvalue weighted by Gasteiger charge is 2.43. The van der Waals surface area contributed by atoms with E-state index >= 15 is 0 Å². The fourth-order valence-electron chi connectivity index (χ4n) is 5.44. The van der Waals surface area contributed by atoms with Crippen LogP contribution in [0.2, 0.25) is 0 Å². The van der Waals surface area contributed by atoms with Gasteiger partial charge in [-0.1, -0.05) is 18.6 Å². The summed E-state index contributed by atoms with van der Waals surface area (Å²) in [5.74, 6) is -0.559. The van der Waals surface area contributed by atoms with E-state index in [9.17, 15) is 23.6 Å². The topological polar surface area (TPSA) is 85.8 Å². The van der Waals surface area contributed by atoms with Crippen LogP contribution in [0.1, 0.15) is 31.2 Å². The third kappa shape index (κ3) is 3.46. The molecule has 0 saturated heterocycles. The second-order valence-corrected chi connectivity index (χ2v) is 8.82. The standard InChI is InChI=1S/C24H21F2N3O2/c25-15-9-19-17-4-2-13(8-20(17)24(31)29-22(19)21(26)10-15)6-16(11-27)28-23(30)18-7-12-1-3-14(18)5-12/h2,4,8-10,12,14,16,18H,1,3,5-7H2,(H,28,30)(H,29,31)/t12-,14+,16?,18+/m1/s1. The number of nitrogens with one attached hydrogen (secondary N) is 2. The zero-order valence-electron chi connectivity index (χ0n) is 16.8. The summed E-state index contributed by atoms with van der Waals surface area (Å²) in [5.41, 5.74) is 0.156. The monoisotopic (exact) mass is 421 g/mol. The number of amides is 1. The highest BCUT2D eigenvalue weighted by atomic mass is 19.1. The minimum atomic E-state index is -0.828. The third-order valence-electron chi connectivity index (χ3n) is 6.90. The van der Waals surface area contributed by atoms with Crippen molar-refractivity contribution >= 4 is 27.6 Å². The number of hydrogen-bond acceptors (Lipinski definition) is 3. The van der Waals surface area contributed by atoms with Gasteiger partial charge in [-0.2, -0.15) is 5.26 Å². The molecule has 1 heterocycles. The van der Waals surface area contributed by atoms with Crippen LogP contribution in [0.25, 0.3) is 21.7 Å². The van der Waals surface area contributed by atoms with Crippen molar-refractivity contribution in [2.45, 2.75) is 38.1 Å². The molecule has 2 N–H and O–H groups in total. The zero-order valence-corrected chi connectivity index (χ0v) is 16.8. The summed E-state index contributed by atoms with van der Waals surface area (Å²) in [6.45, 7) is 0. The van der Waals surface area contributed by atoms with E-state index in [-0.39, 0.29) is 34.5 Å². The van der Waals surface area contributed by atoms with Gasteiger partial charge in [-0.25, -0.2) is 8.78 Å². The van der Waals surface area contributed by atoms with E-state index in [0.29, 0.717) is 22.8 Å². The molecule has 2 aromatic carbocycles. The summed E-state index contributed by atoms with van der Waals surface area (Å²) in [6.07, 6.45) is 4.54. The first kappa shape index (κ1) is 19.7. The van der Waals surface area contributed by atoms with E-state index in [2.05, 4.69) is 16.4 Å². The highest BCUT2D eigenvalue weighted by molar-refractivity contribution is 6.05. The number of fused-ring (bicyclic) bond motifs is 5. The molecule has 5 nitrogen and oxygen atoms in total. The lowest BCUT2D eigenvalue weighted by Gasteiger charge is -2.22. The Bertz CT molecular complexity index is 1310. The number of H-pyrrole nitrogens is 1. The van der Waals surface area contributed by atoms with Crippen molar-refractivity contribution < 1.29 is 13.6 Å². The summed E-state index contributed by atoms with van der Waals surface area (Å²) >= 11 is 0.